The summed E-state index contributed by atoms with van der Waals surface area (Å²) in [6, 6.07) is 1.02. The first-order valence-electron chi connectivity index (χ1n) is 5.33. The van der Waals surface area contributed by atoms with E-state index in [-0.39, 0.29) is 0 Å². The highest BCUT2D eigenvalue weighted by Gasteiger charge is 2.17. The fourth-order valence-electron chi connectivity index (χ4n) is 1.92. The van der Waals surface area contributed by atoms with E-state index in [0.29, 0.717) is 12.1 Å². The predicted octanol–water partition coefficient (Wildman–Crippen LogP) is 2.16. The molecule has 3 N–H and O–H groups in total. The molecule has 0 saturated heterocycles. The van der Waals surface area contributed by atoms with E-state index >= 15 is 0 Å². The van der Waals surface area contributed by atoms with E-state index in [2.05, 4.69) is 10.3 Å². The number of nitrogens with zero attached hydrogens (tertiary/aromatic N) is 1. The van der Waals surface area contributed by atoms with Gasteiger partial charge in [0.2, 0.25) is 0 Å². The van der Waals surface area contributed by atoms with Gasteiger partial charge in [-0.1, -0.05) is 11.6 Å². The monoisotopic (exact) mass is 245 g/mol. The largest absolute Gasteiger partial charge is 0.328 e. The predicted molar refractivity (Wildman–Crippen MR) is 64.2 cm³/mol. The molecule has 0 unspecified atom stereocenters. The fourth-order valence-corrected chi connectivity index (χ4v) is 2.83. The number of aromatic nitrogens is 1. The van der Waals surface area contributed by atoms with Crippen molar-refractivity contribution in [1.29, 1.82) is 0 Å². The molecule has 0 amide bonds. The van der Waals surface area contributed by atoms with Crippen LogP contribution in [0.3, 0.4) is 0 Å². The minimum Gasteiger partial charge on any atom is -0.328 e. The van der Waals surface area contributed by atoms with Crippen molar-refractivity contribution < 1.29 is 0 Å². The van der Waals surface area contributed by atoms with Crippen LogP contribution in [0, 0.1) is 0 Å². The zero-order valence-corrected chi connectivity index (χ0v) is 10.2. The Balaban J connectivity index is 1.74. The average Bonchev–Trinajstić information content (AvgIpc) is 2.64. The zero-order valence-electron chi connectivity index (χ0n) is 8.58. The summed E-state index contributed by atoms with van der Waals surface area (Å²) in [5.74, 6) is 0. The molecular formula is C10H16ClN3S. The maximum atomic E-state index is 5.85. The van der Waals surface area contributed by atoms with Gasteiger partial charge in [0.1, 0.15) is 9.34 Å². The molecule has 2 rings (SSSR count). The van der Waals surface area contributed by atoms with Gasteiger partial charge in [0.25, 0.3) is 0 Å². The van der Waals surface area contributed by atoms with E-state index in [4.69, 9.17) is 17.3 Å². The summed E-state index contributed by atoms with van der Waals surface area (Å²) in [5.41, 5.74) is 5.85. The Bertz CT molecular complexity index is 307. The van der Waals surface area contributed by atoms with E-state index < -0.39 is 0 Å². The quantitative estimate of drug-likeness (QED) is 0.858. The van der Waals surface area contributed by atoms with Crippen LogP contribution in [0.15, 0.2) is 6.20 Å². The smallest absolute Gasteiger partial charge is 0.113 e. The Morgan fingerprint density at radius 2 is 2.20 bits per heavy atom. The minimum absolute atomic E-state index is 0.414. The van der Waals surface area contributed by atoms with Crippen LogP contribution in [-0.2, 0) is 6.54 Å². The first kappa shape index (κ1) is 11.3. The Hall–Kier alpha value is -0.160. The Kier molecular flexibility index (Phi) is 3.97. The number of halogens is 1. The van der Waals surface area contributed by atoms with Crippen LogP contribution in [-0.4, -0.2) is 17.1 Å². The lowest BCUT2D eigenvalue weighted by Crippen LogP contribution is -2.36. The summed E-state index contributed by atoms with van der Waals surface area (Å²) in [7, 11) is 0. The summed E-state index contributed by atoms with van der Waals surface area (Å²) >= 11 is 7.36. The third-order valence-electron chi connectivity index (χ3n) is 2.84. The maximum Gasteiger partial charge on any atom is 0.113 e. The molecule has 0 aliphatic heterocycles. The van der Waals surface area contributed by atoms with Crippen molar-refractivity contribution >= 4 is 22.9 Å². The van der Waals surface area contributed by atoms with Crippen molar-refractivity contribution in [2.24, 2.45) is 5.73 Å². The standard InChI is InChI=1S/C10H16ClN3S/c11-9-5-14-10(15-9)6-13-8-3-1-7(12)2-4-8/h5,7-8,13H,1-4,6,12H2. The summed E-state index contributed by atoms with van der Waals surface area (Å²) in [6.45, 7) is 0.831. The Morgan fingerprint density at radius 1 is 1.47 bits per heavy atom. The van der Waals surface area contributed by atoms with E-state index in [1.54, 1.807) is 17.5 Å². The molecule has 1 aliphatic carbocycles. The maximum absolute atomic E-state index is 5.85. The van der Waals surface area contributed by atoms with Gasteiger partial charge in [0.05, 0.1) is 6.20 Å². The van der Waals surface area contributed by atoms with Crippen molar-refractivity contribution in [3.8, 4) is 0 Å². The SMILES string of the molecule is NC1CCC(NCc2ncc(Cl)s2)CC1. The lowest BCUT2D eigenvalue weighted by molar-refractivity contribution is 0.341. The first-order chi connectivity index (χ1) is 7.24. The van der Waals surface area contributed by atoms with E-state index in [0.717, 1.165) is 28.7 Å². The third-order valence-corrected chi connectivity index (χ3v) is 3.95. The number of thiazole rings is 1. The summed E-state index contributed by atoms with van der Waals surface area (Å²) in [6.07, 6.45) is 6.34. The lowest BCUT2D eigenvalue weighted by Gasteiger charge is -2.26. The second-order valence-corrected chi connectivity index (χ2v) is 5.80. The van der Waals surface area contributed by atoms with Crippen molar-refractivity contribution in [2.75, 3.05) is 0 Å². The number of nitrogens with one attached hydrogen (secondary N) is 1. The van der Waals surface area contributed by atoms with Gasteiger partial charge < -0.3 is 11.1 Å². The number of hydrogen-bond acceptors (Lipinski definition) is 4. The molecule has 3 nitrogen and oxygen atoms in total. The minimum atomic E-state index is 0.414. The van der Waals surface area contributed by atoms with Gasteiger partial charge in [0.15, 0.2) is 0 Å². The van der Waals surface area contributed by atoms with E-state index in [1.165, 1.54) is 12.8 Å². The third kappa shape index (κ3) is 3.41. The highest BCUT2D eigenvalue weighted by atomic mass is 35.5. The van der Waals surface area contributed by atoms with Crippen LogP contribution in [0.5, 0.6) is 0 Å². The van der Waals surface area contributed by atoms with Crippen LogP contribution in [0.4, 0.5) is 0 Å². The van der Waals surface area contributed by atoms with Gasteiger partial charge in [-0.25, -0.2) is 4.98 Å². The molecule has 0 bridgehead atoms. The molecule has 0 radical (unpaired) electrons. The number of nitrogens with two attached hydrogens (primary N) is 1. The first-order valence-corrected chi connectivity index (χ1v) is 6.52. The van der Waals surface area contributed by atoms with Crippen LogP contribution >= 0.6 is 22.9 Å². The molecular weight excluding hydrogens is 230 g/mol. The van der Waals surface area contributed by atoms with Gasteiger partial charge in [-0.3, -0.25) is 0 Å². The fraction of sp³-hybridized carbons (Fsp3) is 0.700. The molecule has 1 saturated carbocycles. The van der Waals surface area contributed by atoms with Gasteiger partial charge >= 0.3 is 0 Å². The van der Waals surface area contributed by atoms with Gasteiger partial charge in [0, 0.05) is 18.6 Å². The molecule has 1 fully saturated rings. The van der Waals surface area contributed by atoms with Gasteiger partial charge in [-0.2, -0.15) is 0 Å². The summed E-state index contributed by atoms with van der Waals surface area (Å²) in [5, 5.41) is 4.57. The van der Waals surface area contributed by atoms with Crippen molar-refractivity contribution in [3.63, 3.8) is 0 Å². The zero-order chi connectivity index (χ0) is 10.7. The highest BCUT2D eigenvalue weighted by Crippen LogP contribution is 2.20. The van der Waals surface area contributed by atoms with Crippen LogP contribution in [0.1, 0.15) is 30.7 Å². The van der Waals surface area contributed by atoms with Gasteiger partial charge in [-0.15, -0.1) is 11.3 Å². The van der Waals surface area contributed by atoms with E-state index in [1.807, 2.05) is 0 Å². The average molecular weight is 246 g/mol. The normalized spacial score (nSPS) is 26.8. The summed E-state index contributed by atoms with van der Waals surface area (Å²) in [4.78, 5) is 4.21. The lowest BCUT2D eigenvalue weighted by atomic mass is 9.92. The van der Waals surface area contributed by atoms with E-state index in [9.17, 15) is 0 Å². The van der Waals surface area contributed by atoms with Crippen LogP contribution in [0.2, 0.25) is 4.34 Å². The Morgan fingerprint density at radius 3 is 2.80 bits per heavy atom. The molecule has 0 aromatic carbocycles. The van der Waals surface area contributed by atoms with Gasteiger partial charge in [-0.05, 0) is 25.7 Å². The second-order valence-electron chi connectivity index (χ2n) is 4.05. The molecule has 1 aliphatic rings. The number of rotatable bonds is 3. The van der Waals surface area contributed by atoms with Crippen LogP contribution in [0.25, 0.3) is 0 Å². The molecule has 1 aromatic rings. The number of hydrogen-bond donors (Lipinski definition) is 2. The molecule has 1 heterocycles. The van der Waals surface area contributed by atoms with Crippen LogP contribution < -0.4 is 11.1 Å². The topological polar surface area (TPSA) is 50.9 Å². The van der Waals surface area contributed by atoms with Crippen molar-refractivity contribution in [2.45, 2.75) is 44.3 Å². The second kappa shape index (κ2) is 5.25. The molecule has 5 heteroatoms. The molecule has 84 valence electrons. The van der Waals surface area contributed by atoms with Crippen molar-refractivity contribution in [1.82, 2.24) is 10.3 Å². The summed E-state index contributed by atoms with van der Waals surface area (Å²) < 4.78 is 0.762. The molecule has 0 spiro atoms. The molecule has 15 heavy (non-hydrogen) atoms. The highest BCUT2D eigenvalue weighted by molar-refractivity contribution is 7.15. The molecule has 0 atom stereocenters. The Labute approximate surface area is 99.0 Å². The van der Waals surface area contributed by atoms with Crippen molar-refractivity contribution in [3.05, 3.63) is 15.5 Å². The molecule has 1 aromatic heterocycles.